The van der Waals surface area contributed by atoms with Crippen LogP contribution in [0, 0.1) is 18.8 Å². The third kappa shape index (κ3) is 6.50. The van der Waals surface area contributed by atoms with E-state index in [0.29, 0.717) is 5.69 Å². The van der Waals surface area contributed by atoms with E-state index in [4.69, 9.17) is 4.74 Å². The van der Waals surface area contributed by atoms with Crippen LogP contribution < -0.4 is 10.1 Å². The molecule has 1 heterocycles. The molecule has 1 aliphatic heterocycles. The first-order valence-electron chi connectivity index (χ1n) is 14.1. The minimum Gasteiger partial charge on any atom is -0.486 e. The first kappa shape index (κ1) is 30.0. The monoisotopic (exact) mass is 571 g/mol. The second-order valence-electron chi connectivity index (χ2n) is 11.2. The molecule has 0 unspecified atom stereocenters. The molecule has 0 radical (unpaired) electrons. The largest absolute Gasteiger partial charge is 0.486 e. The van der Waals surface area contributed by atoms with Crippen molar-refractivity contribution in [1.82, 2.24) is 9.21 Å². The molecule has 218 valence electrons. The Kier molecular flexibility index (Phi) is 9.53. The van der Waals surface area contributed by atoms with Crippen LogP contribution in [0.4, 0.5) is 5.69 Å². The zero-order valence-electron chi connectivity index (χ0n) is 23.8. The third-order valence-electron chi connectivity index (χ3n) is 8.09. The number of likely N-dealkylation sites (N-methyl/N-ethyl adjacent to an activating group) is 1. The molecule has 9 nitrogen and oxygen atoms in total. The third-order valence-corrected chi connectivity index (χ3v) is 9.93. The number of amides is 2. The zero-order chi connectivity index (χ0) is 29.0. The van der Waals surface area contributed by atoms with Crippen molar-refractivity contribution in [2.75, 3.05) is 32.1 Å². The summed E-state index contributed by atoms with van der Waals surface area (Å²) in [5, 5.41) is 12.9. The molecule has 3 atom stereocenters. The van der Waals surface area contributed by atoms with Crippen molar-refractivity contribution in [1.29, 1.82) is 0 Å². The minimum atomic E-state index is -3.80. The maximum atomic E-state index is 13.7. The summed E-state index contributed by atoms with van der Waals surface area (Å²) in [5.41, 5.74) is 1.62. The number of carbonyl (C=O) groups excluding carboxylic acids is 2. The van der Waals surface area contributed by atoms with Crippen molar-refractivity contribution in [2.24, 2.45) is 11.8 Å². The molecule has 4 rings (SSSR count). The Morgan fingerprint density at radius 3 is 2.48 bits per heavy atom. The molecule has 0 spiro atoms. The highest BCUT2D eigenvalue weighted by Crippen LogP contribution is 2.36. The molecule has 40 heavy (non-hydrogen) atoms. The second kappa shape index (κ2) is 12.7. The number of sulfonamides is 1. The summed E-state index contributed by atoms with van der Waals surface area (Å²) in [6, 6.07) is 11.3. The van der Waals surface area contributed by atoms with Crippen LogP contribution in [0.25, 0.3) is 0 Å². The van der Waals surface area contributed by atoms with Crippen molar-refractivity contribution in [2.45, 2.75) is 69.9 Å². The maximum absolute atomic E-state index is 13.7. The molecule has 2 N–H and O–H groups in total. The van der Waals surface area contributed by atoms with Gasteiger partial charge in [0.2, 0.25) is 15.9 Å². The highest BCUT2D eigenvalue weighted by Gasteiger charge is 2.36. The highest BCUT2D eigenvalue weighted by molar-refractivity contribution is 7.89. The van der Waals surface area contributed by atoms with Gasteiger partial charge < -0.3 is 20.1 Å². The highest BCUT2D eigenvalue weighted by atomic mass is 32.2. The van der Waals surface area contributed by atoms with Crippen LogP contribution in [-0.2, 0) is 14.8 Å². The Hall–Kier alpha value is -2.95. The fraction of sp³-hybridized carbons (Fsp3) is 0.533. The zero-order valence-corrected chi connectivity index (χ0v) is 24.6. The summed E-state index contributed by atoms with van der Waals surface area (Å²) in [4.78, 5) is 28.6. The summed E-state index contributed by atoms with van der Waals surface area (Å²) < 4.78 is 34.6. The molecule has 2 aromatic rings. The second-order valence-corrected chi connectivity index (χ2v) is 13.3. The number of ether oxygens (including phenoxy) is 1. The number of nitrogens with one attached hydrogen (secondary N) is 1. The Labute approximate surface area is 237 Å². The Morgan fingerprint density at radius 2 is 1.82 bits per heavy atom. The number of aliphatic hydroxyl groups excluding tert-OH is 1. The lowest BCUT2D eigenvalue weighted by Crippen LogP contribution is -2.50. The standard InChI is InChI=1S/C30H41N3O6S/c1-20-13-15-24(16-14-20)40(37,38)32(4)18-27-21(2)17-33(22(3)19-34)30(36)25-11-8-12-26(28(25)39-27)31-29(35)23-9-6-5-7-10-23/h8,11-16,21-23,27,34H,5-7,9-10,17-19H2,1-4H3,(H,31,35)/t21-,22+,27-/m1/s1. The number of hydrogen-bond donors (Lipinski definition) is 2. The van der Waals surface area contributed by atoms with Gasteiger partial charge in [-0.05, 0) is 51.0 Å². The molecule has 0 saturated heterocycles. The van der Waals surface area contributed by atoms with E-state index in [0.717, 1.165) is 37.7 Å². The van der Waals surface area contributed by atoms with Crippen LogP contribution in [0.2, 0.25) is 0 Å². The summed E-state index contributed by atoms with van der Waals surface area (Å²) in [6.07, 6.45) is 4.15. The van der Waals surface area contributed by atoms with Crippen molar-refractivity contribution >= 4 is 27.5 Å². The van der Waals surface area contributed by atoms with Crippen molar-refractivity contribution in [3.63, 3.8) is 0 Å². The van der Waals surface area contributed by atoms with Crippen LogP contribution in [-0.4, -0.2) is 73.4 Å². The lowest BCUT2D eigenvalue weighted by molar-refractivity contribution is -0.120. The van der Waals surface area contributed by atoms with Crippen molar-refractivity contribution < 1.29 is 27.9 Å². The Balaban J connectivity index is 1.69. The van der Waals surface area contributed by atoms with Crippen LogP contribution in [0.15, 0.2) is 47.4 Å². The first-order chi connectivity index (χ1) is 19.0. The SMILES string of the molecule is Cc1ccc(S(=O)(=O)N(C)C[C@H]2Oc3c(NC(=O)C4CCCCC4)cccc3C(=O)N([C@@H](C)CO)C[C@H]2C)cc1. The van der Waals surface area contributed by atoms with Gasteiger partial charge >= 0.3 is 0 Å². The van der Waals surface area contributed by atoms with Gasteiger partial charge in [0, 0.05) is 25.4 Å². The lowest BCUT2D eigenvalue weighted by atomic mass is 9.88. The van der Waals surface area contributed by atoms with E-state index in [9.17, 15) is 23.1 Å². The van der Waals surface area contributed by atoms with Gasteiger partial charge in [-0.2, -0.15) is 4.31 Å². The van der Waals surface area contributed by atoms with Crippen LogP contribution in [0.3, 0.4) is 0 Å². The average molecular weight is 572 g/mol. The van der Waals surface area contributed by atoms with E-state index < -0.39 is 22.2 Å². The van der Waals surface area contributed by atoms with E-state index in [-0.39, 0.29) is 59.6 Å². The Morgan fingerprint density at radius 1 is 1.15 bits per heavy atom. The van der Waals surface area contributed by atoms with Gasteiger partial charge in [0.15, 0.2) is 5.75 Å². The van der Waals surface area contributed by atoms with Crippen LogP contribution in [0.5, 0.6) is 5.75 Å². The van der Waals surface area contributed by atoms with Gasteiger partial charge in [-0.1, -0.05) is 49.9 Å². The molecule has 2 aliphatic rings. The molecule has 2 amide bonds. The predicted octanol–water partition coefficient (Wildman–Crippen LogP) is 4.05. The van der Waals surface area contributed by atoms with Gasteiger partial charge in [-0.15, -0.1) is 0 Å². The quantitative estimate of drug-likeness (QED) is 0.494. The predicted molar refractivity (Wildman–Crippen MR) is 154 cm³/mol. The summed E-state index contributed by atoms with van der Waals surface area (Å²) in [7, 11) is -2.29. The van der Waals surface area contributed by atoms with Gasteiger partial charge in [-0.25, -0.2) is 8.42 Å². The lowest BCUT2D eigenvalue weighted by Gasteiger charge is -2.38. The Bertz CT molecular complexity index is 1310. The molecule has 1 saturated carbocycles. The molecule has 1 fully saturated rings. The number of hydrogen-bond acceptors (Lipinski definition) is 6. The summed E-state index contributed by atoms with van der Waals surface area (Å²) in [5.74, 6) is -0.569. The van der Waals surface area contributed by atoms with E-state index >= 15 is 0 Å². The number of carbonyl (C=O) groups is 2. The van der Waals surface area contributed by atoms with E-state index in [1.54, 1.807) is 54.3 Å². The molecule has 0 bridgehead atoms. The van der Waals surface area contributed by atoms with Crippen LogP contribution in [0.1, 0.15) is 61.9 Å². The smallest absolute Gasteiger partial charge is 0.258 e. The number of aliphatic hydroxyl groups is 1. The number of para-hydroxylation sites is 1. The summed E-state index contributed by atoms with van der Waals surface area (Å²) in [6.45, 7) is 5.63. The molecule has 1 aliphatic carbocycles. The average Bonchev–Trinajstić information content (AvgIpc) is 2.95. The van der Waals surface area contributed by atoms with Gasteiger partial charge in [0.1, 0.15) is 6.10 Å². The number of aryl methyl sites for hydroxylation is 1. The number of nitrogens with zero attached hydrogens (tertiary/aromatic N) is 2. The van der Waals surface area contributed by atoms with E-state index in [1.165, 1.54) is 11.4 Å². The van der Waals surface area contributed by atoms with Crippen molar-refractivity contribution in [3.8, 4) is 5.75 Å². The normalized spacial score (nSPS) is 21.2. The summed E-state index contributed by atoms with van der Waals surface area (Å²) >= 11 is 0. The number of fused-ring (bicyclic) bond motifs is 1. The first-order valence-corrected chi connectivity index (χ1v) is 15.5. The van der Waals surface area contributed by atoms with Crippen molar-refractivity contribution in [3.05, 3.63) is 53.6 Å². The molecule has 10 heteroatoms. The fourth-order valence-electron chi connectivity index (χ4n) is 5.40. The number of benzene rings is 2. The molecule has 0 aromatic heterocycles. The topological polar surface area (TPSA) is 116 Å². The molecule has 2 aromatic carbocycles. The van der Waals surface area contributed by atoms with Gasteiger partial charge in [0.05, 0.1) is 35.3 Å². The van der Waals surface area contributed by atoms with Crippen LogP contribution >= 0.6 is 0 Å². The van der Waals surface area contributed by atoms with E-state index in [1.807, 2.05) is 13.8 Å². The number of rotatable bonds is 8. The number of anilines is 1. The fourth-order valence-corrected chi connectivity index (χ4v) is 6.58. The minimum absolute atomic E-state index is 0.0251. The van der Waals surface area contributed by atoms with E-state index in [2.05, 4.69) is 5.32 Å². The molecular weight excluding hydrogens is 530 g/mol. The molecular formula is C30H41N3O6S. The maximum Gasteiger partial charge on any atom is 0.258 e. The van der Waals surface area contributed by atoms with Gasteiger partial charge in [-0.3, -0.25) is 9.59 Å². The van der Waals surface area contributed by atoms with Gasteiger partial charge in [0.25, 0.3) is 5.91 Å².